The van der Waals surface area contributed by atoms with Crippen LogP contribution in [0.4, 0.5) is 0 Å². The molecule has 1 atom stereocenters. The highest BCUT2D eigenvalue weighted by Crippen LogP contribution is 2.21. The van der Waals surface area contributed by atoms with Gasteiger partial charge in [-0.05, 0) is 25.2 Å². The number of allylic oxidation sites excluding steroid dienone is 1. The molecular formula is C24H48O. The zero-order chi connectivity index (χ0) is 18.6. The molecule has 0 aromatic heterocycles. The number of hydrogen-bond donors (Lipinski definition) is 0. The van der Waals surface area contributed by atoms with E-state index >= 15 is 0 Å². The zero-order valence-electron chi connectivity index (χ0n) is 17.9. The molecule has 0 spiro atoms. The van der Waals surface area contributed by atoms with Crippen LogP contribution in [0.3, 0.4) is 0 Å². The lowest BCUT2D eigenvalue weighted by Crippen LogP contribution is -2.10. The molecule has 0 bridgehead atoms. The van der Waals surface area contributed by atoms with Gasteiger partial charge in [-0.25, -0.2) is 0 Å². The molecule has 0 N–H and O–H groups in total. The summed E-state index contributed by atoms with van der Waals surface area (Å²) in [4.78, 5) is 0. The molecule has 0 saturated heterocycles. The molecular weight excluding hydrogens is 304 g/mol. The van der Waals surface area contributed by atoms with Gasteiger partial charge in [-0.2, -0.15) is 0 Å². The van der Waals surface area contributed by atoms with E-state index in [9.17, 15) is 0 Å². The molecule has 0 fully saturated rings. The first kappa shape index (κ1) is 24.5. The van der Waals surface area contributed by atoms with E-state index in [1.54, 1.807) is 0 Å². The Morgan fingerprint density at radius 1 is 0.640 bits per heavy atom. The monoisotopic (exact) mass is 352 g/mol. The molecule has 0 aliphatic carbocycles. The lowest BCUT2D eigenvalue weighted by Gasteiger charge is -2.19. The first-order valence-corrected chi connectivity index (χ1v) is 11.5. The molecule has 0 amide bonds. The summed E-state index contributed by atoms with van der Waals surface area (Å²) in [5.41, 5.74) is 0. The lowest BCUT2D eigenvalue weighted by atomic mass is 9.95. The Morgan fingerprint density at radius 2 is 1.08 bits per heavy atom. The summed E-state index contributed by atoms with van der Waals surface area (Å²) in [5, 5.41) is 0. The van der Waals surface area contributed by atoms with E-state index in [2.05, 4.69) is 27.4 Å². The number of rotatable bonds is 20. The van der Waals surface area contributed by atoms with Gasteiger partial charge in [0.15, 0.2) is 0 Å². The summed E-state index contributed by atoms with van der Waals surface area (Å²) in [5.74, 6) is 1.77. The predicted octanol–water partition coefficient (Wildman–Crippen LogP) is 8.82. The van der Waals surface area contributed by atoms with E-state index in [0.717, 1.165) is 24.7 Å². The summed E-state index contributed by atoms with van der Waals surface area (Å²) in [7, 11) is 0. The second-order valence-electron chi connectivity index (χ2n) is 7.93. The SMILES string of the molecule is C=C(CCCCCC)OCC(CCCCCC)CCCCCCCC. The molecule has 0 saturated carbocycles. The van der Waals surface area contributed by atoms with Crippen LogP contribution in [-0.2, 0) is 4.74 Å². The molecule has 0 aliphatic rings. The van der Waals surface area contributed by atoms with Crippen LogP contribution in [0.25, 0.3) is 0 Å². The summed E-state index contributed by atoms with van der Waals surface area (Å²) < 4.78 is 6.04. The van der Waals surface area contributed by atoms with E-state index in [-0.39, 0.29) is 0 Å². The van der Waals surface area contributed by atoms with Crippen molar-refractivity contribution in [3.8, 4) is 0 Å². The summed E-state index contributed by atoms with van der Waals surface area (Å²) in [6.07, 6.45) is 22.8. The van der Waals surface area contributed by atoms with Gasteiger partial charge in [0.05, 0.1) is 12.4 Å². The van der Waals surface area contributed by atoms with Crippen molar-refractivity contribution >= 4 is 0 Å². The number of ether oxygens (including phenoxy) is 1. The highest BCUT2D eigenvalue weighted by molar-refractivity contribution is 4.82. The summed E-state index contributed by atoms with van der Waals surface area (Å²) in [6.45, 7) is 11.9. The second-order valence-corrected chi connectivity index (χ2v) is 7.93. The van der Waals surface area contributed by atoms with Crippen LogP contribution in [0.15, 0.2) is 12.3 Å². The minimum atomic E-state index is 0.746. The topological polar surface area (TPSA) is 9.23 Å². The molecule has 1 unspecified atom stereocenters. The Hall–Kier alpha value is -0.460. The molecule has 0 radical (unpaired) electrons. The molecule has 0 rings (SSSR count). The zero-order valence-corrected chi connectivity index (χ0v) is 17.9. The fraction of sp³-hybridized carbons (Fsp3) is 0.917. The van der Waals surface area contributed by atoms with Gasteiger partial charge >= 0.3 is 0 Å². The minimum Gasteiger partial charge on any atom is -0.498 e. The standard InChI is InChI=1S/C24H48O/c1-5-8-11-14-15-18-21-24(20-17-13-10-7-3)22-25-23(4)19-16-12-9-6-2/h24H,4-22H2,1-3H3. The van der Waals surface area contributed by atoms with Crippen LogP contribution in [0.5, 0.6) is 0 Å². The van der Waals surface area contributed by atoms with Crippen LogP contribution in [0.2, 0.25) is 0 Å². The third-order valence-electron chi connectivity index (χ3n) is 5.26. The maximum atomic E-state index is 6.04. The molecule has 1 heteroatoms. The third kappa shape index (κ3) is 18.1. The molecule has 0 heterocycles. The van der Waals surface area contributed by atoms with E-state index in [0.29, 0.717) is 0 Å². The average Bonchev–Trinajstić information content (AvgIpc) is 2.62. The predicted molar refractivity (Wildman–Crippen MR) is 114 cm³/mol. The molecule has 0 aromatic rings. The average molecular weight is 353 g/mol. The summed E-state index contributed by atoms with van der Waals surface area (Å²) in [6, 6.07) is 0. The fourth-order valence-corrected chi connectivity index (χ4v) is 3.44. The minimum absolute atomic E-state index is 0.746. The highest BCUT2D eigenvalue weighted by Gasteiger charge is 2.10. The van der Waals surface area contributed by atoms with Gasteiger partial charge in [0.25, 0.3) is 0 Å². The second kappa shape index (κ2) is 19.9. The smallest absolute Gasteiger partial charge is 0.0905 e. The Balaban J connectivity index is 3.92. The van der Waals surface area contributed by atoms with Gasteiger partial charge in [-0.3, -0.25) is 0 Å². The largest absolute Gasteiger partial charge is 0.498 e. The lowest BCUT2D eigenvalue weighted by molar-refractivity contribution is 0.144. The molecule has 0 aromatic carbocycles. The Bertz CT molecular complexity index is 271. The maximum absolute atomic E-state index is 6.04. The van der Waals surface area contributed by atoms with Crippen LogP contribution < -0.4 is 0 Å². The van der Waals surface area contributed by atoms with Crippen molar-refractivity contribution in [3.05, 3.63) is 12.3 Å². The van der Waals surface area contributed by atoms with Crippen LogP contribution in [0, 0.1) is 5.92 Å². The van der Waals surface area contributed by atoms with Gasteiger partial charge in [-0.1, -0.05) is 111 Å². The Morgan fingerprint density at radius 3 is 1.64 bits per heavy atom. The Labute approximate surface area is 160 Å². The van der Waals surface area contributed by atoms with Crippen molar-refractivity contribution < 1.29 is 4.74 Å². The Kier molecular flexibility index (Phi) is 19.5. The quantitative estimate of drug-likeness (QED) is 0.157. The first-order chi connectivity index (χ1) is 12.2. The van der Waals surface area contributed by atoms with E-state index in [1.165, 1.54) is 103 Å². The van der Waals surface area contributed by atoms with Crippen molar-refractivity contribution in [1.29, 1.82) is 0 Å². The van der Waals surface area contributed by atoms with Crippen molar-refractivity contribution in [1.82, 2.24) is 0 Å². The molecule has 150 valence electrons. The van der Waals surface area contributed by atoms with Crippen LogP contribution >= 0.6 is 0 Å². The van der Waals surface area contributed by atoms with Gasteiger partial charge in [0.2, 0.25) is 0 Å². The first-order valence-electron chi connectivity index (χ1n) is 11.5. The maximum Gasteiger partial charge on any atom is 0.0905 e. The van der Waals surface area contributed by atoms with Crippen molar-refractivity contribution in [2.24, 2.45) is 5.92 Å². The van der Waals surface area contributed by atoms with Crippen LogP contribution in [0.1, 0.15) is 130 Å². The summed E-state index contributed by atoms with van der Waals surface area (Å²) >= 11 is 0. The normalized spacial score (nSPS) is 12.3. The highest BCUT2D eigenvalue weighted by atomic mass is 16.5. The van der Waals surface area contributed by atoms with E-state index in [1.807, 2.05) is 0 Å². The van der Waals surface area contributed by atoms with Gasteiger partial charge < -0.3 is 4.74 Å². The van der Waals surface area contributed by atoms with Crippen molar-refractivity contribution in [3.63, 3.8) is 0 Å². The van der Waals surface area contributed by atoms with Gasteiger partial charge in [0.1, 0.15) is 0 Å². The van der Waals surface area contributed by atoms with E-state index < -0.39 is 0 Å². The van der Waals surface area contributed by atoms with Crippen molar-refractivity contribution in [2.75, 3.05) is 6.61 Å². The fourth-order valence-electron chi connectivity index (χ4n) is 3.44. The molecule has 1 nitrogen and oxygen atoms in total. The van der Waals surface area contributed by atoms with E-state index in [4.69, 9.17) is 4.74 Å². The number of hydrogen-bond acceptors (Lipinski definition) is 1. The van der Waals surface area contributed by atoms with Crippen molar-refractivity contribution in [2.45, 2.75) is 130 Å². The van der Waals surface area contributed by atoms with Gasteiger partial charge in [0, 0.05) is 6.42 Å². The third-order valence-corrected chi connectivity index (χ3v) is 5.26. The number of unbranched alkanes of at least 4 members (excludes halogenated alkanes) is 11. The van der Waals surface area contributed by atoms with Crippen LogP contribution in [-0.4, -0.2) is 6.61 Å². The molecule has 0 aliphatic heterocycles. The molecule has 25 heavy (non-hydrogen) atoms. The van der Waals surface area contributed by atoms with Gasteiger partial charge in [-0.15, -0.1) is 0 Å².